The van der Waals surface area contributed by atoms with Gasteiger partial charge < -0.3 is 0 Å². The van der Waals surface area contributed by atoms with Crippen molar-refractivity contribution in [1.82, 2.24) is 0 Å². The second kappa shape index (κ2) is 4.26. The van der Waals surface area contributed by atoms with Crippen LogP contribution >= 0.6 is 11.6 Å². The maximum atomic E-state index is 11.9. The molecule has 0 saturated heterocycles. The van der Waals surface area contributed by atoms with Crippen molar-refractivity contribution in [3.8, 4) is 0 Å². The van der Waals surface area contributed by atoms with E-state index in [1.807, 2.05) is 31.2 Å². The van der Waals surface area contributed by atoms with Crippen LogP contribution in [0.1, 0.15) is 12.5 Å². The predicted octanol–water partition coefficient (Wildman–Crippen LogP) is 2.21. The van der Waals surface area contributed by atoms with Gasteiger partial charge in [-0.15, -0.1) is 11.6 Å². The van der Waals surface area contributed by atoms with Crippen molar-refractivity contribution in [3.63, 3.8) is 0 Å². The molecule has 1 heterocycles. The third-order valence-electron chi connectivity index (χ3n) is 2.78. The quantitative estimate of drug-likeness (QED) is 0.764. The summed E-state index contributed by atoms with van der Waals surface area (Å²) in [6, 6.07) is 7.60. The number of para-hydroxylation sites is 1. The molecule has 16 heavy (non-hydrogen) atoms. The zero-order valence-electron chi connectivity index (χ0n) is 9.06. The normalized spacial score (nSPS) is 20.6. The van der Waals surface area contributed by atoms with Crippen LogP contribution in [0.2, 0.25) is 0 Å². The summed E-state index contributed by atoms with van der Waals surface area (Å²) >= 11 is 5.51. The van der Waals surface area contributed by atoms with Gasteiger partial charge in [-0.2, -0.15) is 0 Å². The molecule has 0 bridgehead atoms. The molecule has 0 fully saturated rings. The van der Waals surface area contributed by atoms with Crippen molar-refractivity contribution in [3.05, 3.63) is 29.8 Å². The van der Waals surface area contributed by atoms with Crippen molar-refractivity contribution < 1.29 is 8.42 Å². The number of alkyl halides is 1. The summed E-state index contributed by atoms with van der Waals surface area (Å²) in [5, 5.41) is -0.367. The van der Waals surface area contributed by atoms with Crippen LogP contribution < -0.4 is 4.31 Å². The van der Waals surface area contributed by atoms with E-state index in [0.29, 0.717) is 12.5 Å². The summed E-state index contributed by atoms with van der Waals surface area (Å²) in [5.74, 6) is 0.327. The molecule has 1 aromatic carbocycles. The molecule has 1 atom stereocenters. The van der Waals surface area contributed by atoms with Gasteiger partial charge in [0.05, 0.1) is 5.69 Å². The number of hydrogen-bond acceptors (Lipinski definition) is 2. The first-order chi connectivity index (χ1) is 7.54. The Morgan fingerprint density at radius 2 is 2.12 bits per heavy atom. The summed E-state index contributed by atoms with van der Waals surface area (Å²) in [5.41, 5.74) is 1.86. The Hall–Kier alpha value is -0.740. The van der Waals surface area contributed by atoms with Gasteiger partial charge in [-0.25, -0.2) is 8.42 Å². The highest BCUT2D eigenvalue weighted by Gasteiger charge is 2.29. The highest BCUT2D eigenvalue weighted by atomic mass is 35.5. The maximum Gasteiger partial charge on any atom is 0.249 e. The Morgan fingerprint density at radius 3 is 2.81 bits per heavy atom. The number of sulfonamides is 1. The van der Waals surface area contributed by atoms with E-state index < -0.39 is 10.0 Å². The monoisotopic (exact) mass is 259 g/mol. The van der Waals surface area contributed by atoms with Crippen LogP contribution in [0, 0.1) is 5.92 Å². The molecule has 2 rings (SSSR count). The Labute approximate surface area is 101 Å². The Balaban J connectivity index is 2.49. The fourth-order valence-corrected chi connectivity index (χ4v) is 3.50. The first kappa shape index (κ1) is 11.7. The lowest BCUT2D eigenvalue weighted by molar-refractivity contribution is 0.547. The number of benzene rings is 1. The molecule has 0 amide bonds. The van der Waals surface area contributed by atoms with Crippen LogP contribution in [0.4, 0.5) is 5.69 Å². The van der Waals surface area contributed by atoms with Crippen LogP contribution in [-0.2, 0) is 16.4 Å². The topological polar surface area (TPSA) is 37.4 Å². The third-order valence-corrected chi connectivity index (χ3v) is 4.90. The highest BCUT2D eigenvalue weighted by Crippen LogP contribution is 2.31. The van der Waals surface area contributed by atoms with E-state index in [0.717, 1.165) is 17.7 Å². The molecule has 0 saturated carbocycles. The molecule has 0 N–H and O–H groups in total. The van der Waals surface area contributed by atoms with E-state index in [4.69, 9.17) is 11.6 Å². The van der Waals surface area contributed by atoms with E-state index in [-0.39, 0.29) is 5.21 Å². The molecular weight excluding hydrogens is 246 g/mol. The fourth-order valence-electron chi connectivity index (χ4n) is 2.07. The van der Waals surface area contributed by atoms with Crippen LogP contribution in [0.5, 0.6) is 0 Å². The van der Waals surface area contributed by atoms with Crippen molar-refractivity contribution in [2.75, 3.05) is 16.1 Å². The van der Waals surface area contributed by atoms with Gasteiger partial charge in [-0.3, -0.25) is 4.31 Å². The first-order valence-electron chi connectivity index (χ1n) is 5.19. The van der Waals surface area contributed by atoms with Crippen LogP contribution in [0.15, 0.2) is 24.3 Å². The number of nitrogens with zero attached hydrogens (tertiary/aromatic N) is 1. The van der Waals surface area contributed by atoms with Gasteiger partial charge in [0.25, 0.3) is 0 Å². The SMILES string of the molecule is CC1Cc2ccccc2N(S(=O)(=O)CCl)C1. The summed E-state index contributed by atoms with van der Waals surface area (Å²) in [6.45, 7) is 2.57. The fraction of sp³-hybridized carbons (Fsp3) is 0.455. The molecule has 0 spiro atoms. The smallest absolute Gasteiger partial charge is 0.249 e. The second-order valence-electron chi connectivity index (χ2n) is 4.19. The average molecular weight is 260 g/mol. The summed E-state index contributed by atoms with van der Waals surface area (Å²) in [4.78, 5) is 0. The van der Waals surface area contributed by atoms with Gasteiger partial charge in [0.15, 0.2) is 0 Å². The molecule has 0 radical (unpaired) electrons. The molecule has 3 nitrogen and oxygen atoms in total. The predicted molar refractivity (Wildman–Crippen MR) is 66.3 cm³/mol. The minimum Gasteiger partial charge on any atom is -0.269 e. The van der Waals surface area contributed by atoms with Gasteiger partial charge in [-0.1, -0.05) is 25.1 Å². The summed E-state index contributed by atoms with van der Waals surface area (Å²) < 4.78 is 25.1. The van der Waals surface area contributed by atoms with Gasteiger partial charge in [-0.05, 0) is 24.0 Å². The number of halogens is 1. The second-order valence-corrected chi connectivity index (χ2v) is 6.67. The zero-order chi connectivity index (χ0) is 11.8. The van der Waals surface area contributed by atoms with Crippen molar-refractivity contribution in [2.24, 2.45) is 5.92 Å². The van der Waals surface area contributed by atoms with Gasteiger partial charge >= 0.3 is 0 Å². The highest BCUT2D eigenvalue weighted by molar-refractivity contribution is 7.93. The van der Waals surface area contributed by atoms with Crippen molar-refractivity contribution in [1.29, 1.82) is 0 Å². The van der Waals surface area contributed by atoms with Crippen LogP contribution in [-0.4, -0.2) is 20.2 Å². The van der Waals surface area contributed by atoms with Crippen molar-refractivity contribution >= 4 is 27.3 Å². The van der Waals surface area contributed by atoms with Crippen molar-refractivity contribution in [2.45, 2.75) is 13.3 Å². The summed E-state index contributed by atoms with van der Waals surface area (Å²) in [6.07, 6.45) is 0.921. The maximum absolute atomic E-state index is 11.9. The summed E-state index contributed by atoms with van der Waals surface area (Å²) in [7, 11) is -3.37. The van der Waals surface area contributed by atoms with Gasteiger partial charge in [0.1, 0.15) is 5.21 Å². The lowest BCUT2D eigenvalue weighted by atomic mass is 9.96. The minimum atomic E-state index is -3.37. The molecule has 88 valence electrons. The average Bonchev–Trinajstić information content (AvgIpc) is 2.28. The van der Waals surface area contributed by atoms with Crippen LogP contribution in [0.25, 0.3) is 0 Å². The van der Waals surface area contributed by atoms with E-state index in [2.05, 4.69) is 0 Å². The Kier molecular flexibility index (Phi) is 3.13. The molecule has 0 aliphatic carbocycles. The van der Waals surface area contributed by atoms with Crippen LogP contribution in [0.3, 0.4) is 0 Å². The molecule has 1 aliphatic heterocycles. The Morgan fingerprint density at radius 1 is 1.44 bits per heavy atom. The lowest BCUT2D eigenvalue weighted by Gasteiger charge is -2.33. The molecule has 0 aromatic heterocycles. The standard InChI is InChI=1S/C11H14ClNO2S/c1-9-6-10-4-2-3-5-11(10)13(7-9)16(14,15)8-12/h2-5,9H,6-8H2,1H3. The van der Waals surface area contributed by atoms with Gasteiger partial charge in [0, 0.05) is 6.54 Å². The van der Waals surface area contributed by atoms with E-state index in [1.54, 1.807) is 0 Å². The van der Waals surface area contributed by atoms with E-state index in [1.165, 1.54) is 4.31 Å². The molecule has 1 aromatic rings. The molecule has 1 aliphatic rings. The molecular formula is C11H14ClNO2S. The zero-order valence-corrected chi connectivity index (χ0v) is 10.6. The number of hydrogen-bond donors (Lipinski definition) is 0. The largest absolute Gasteiger partial charge is 0.269 e. The lowest BCUT2D eigenvalue weighted by Crippen LogP contribution is -2.39. The molecule has 5 heteroatoms. The number of rotatable bonds is 2. The van der Waals surface area contributed by atoms with E-state index in [9.17, 15) is 8.42 Å². The minimum absolute atomic E-state index is 0.327. The number of fused-ring (bicyclic) bond motifs is 1. The third kappa shape index (κ3) is 2.04. The van der Waals surface area contributed by atoms with E-state index >= 15 is 0 Å². The van der Waals surface area contributed by atoms with Gasteiger partial charge in [0.2, 0.25) is 10.0 Å². The molecule has 1 unspecified atom stereocenters. The Bertz CT molecular complexity index is 487. The first-order valence-corrected chi connectivity index (χ1v) is 7.33. The number of anilines is 1.